The minimum absolute atomic E-state index is 0. The Kier molecular flexibility index (Phi) is 7.80. The number of rotatable bonds is 5. The first-order valence-electron chi connectivity index (χ1n) is 10.7. The summed E-state index contributed by atoms with van der Waals surface area (Å²) >= 11 is 0. The van der Waals surface area contributed by atoms with Gasteiger partial charge in [-0.05, 0) is 49.9 Å². The maximum absolute atomic E-state index is 4.78. The lowest BCUT2D eigenvalue weighted by molar-refractivity contribution is 0.499. The fraction of sp³-hybridized carbons (Fsp3) is 0.478. The monoisotopic (exact) mass is 520 g/mol. The topological polar surface area (TPSA) is 57.5 Å². The van der Waals surface area contributed by atoms with E-state index in [2.05, 4.69) is 81.7 Å². The number of guanidine groups is 1. The van der Waals surface area contributed by atoms with Crippen LogP contribution in [0.5, 0.6) is 0 Å². The zero-order valence-electron chi connectivity index (χ0n) is 18.1. The molecule has 1 aliphatic carbocycles. The first-order chi connectivity index (χ1) is 14.1. The van der Waals surface area contributed by atoms with E-state index in [-0.39, 0.29) is 24.0 Å². The van der Waals surface area contributed by atoms with Crippen LogP contribution in [0.25, 0.3) is 0 Å². The number of anilines is 1. The molecule has 0 radical (unpaired) electrons. The van der Waals surface area contributed by atoms with Crippen molar-refractivity contribution in [3.63, 3.8) is 0 Å². The van der Waals surface area contributed by atoms with E-state index in [1.807, 2.05) is 7.05 Å². The van der Waals surface area contributed by atoms with Gasteiger partial charge in [0.1, 0.15) is 0 Å². The third-order valence-corrected chi connectivity index (χ3v) is 5.74. The van der Waals surface area contributed by atoms with Crippen molar-refractivity contribution in [1.82, 2.24) is 20.4 Å². The Balaban J connectivity index is 0.00000256. The number of hydrogen-bond acceptors (Lipinski definition) is 3. The molecule has 0 saturated carbocycles. The van der Waals surface area contributed by atoms with Crippen molar-refractivity contribution in [3.05, 3.63) is 59.4 Å². The molecule has 1 atom stereocenters. The fourth-order valence-electron chi connectivity index (χ4n) is 4.03. The molecule has 2 aliphatic rings. The van der Waals surface area contributed by atoms with Gasteiger partial charge in [-0.1, -0.05) is 24.3 Å². The highest BCUT2D eigenvalue weighted by atomic mass is 127. The number of nitrogens with one attached hydrogen (secondary N) is 2. The van der Waals surface area contributed by atoms with Gasteiger partial charge in [-0.25, -0.2) is 0 Å². The Morgan fingerprint density at radius 1 is 1.27 bits per heavy atom. The van der Waals surface area contributed by atoms with E-state index in [1.54, 1.807) is 0 Å². The SMILES string of the molecule is CN=C(NCc1cccc(N2CC=CC2)c1)NC1CCc2cn(C(C)C)nc2C1.I. The maximum atomic E-state index is 4.78. The molecule has 6 nitrogen and oxygen atoms in total. The summed E-state index contributed by atoms with van der Waals surface area (Å²) in [6, 6.07) is 9.52. The summed E-state index contributed by atoms with van der Waals surface area (Å²) < 4.78 is 2.09. The minimum Gasteiger partial charge on any atom is -0.364 e. The van der Waals surface area contributed by atoms with Gasteiger partial charge in [-0.2, -0.15) is 5.10 Å². The minimum atomic E-state index is 0. The van der Waals surface area contributed by atoms with Crippen molar-refractivity contribution < 1.29 is 0 Å². The lowest BCUT2D eigenvalue weighted by Crippen LogP contribution is -2.45. The Morgan fingerprint density at radius 2 is 2.07 bits per heavy atom. The molecule has 30 heavy (non-hydrogen) atoms. The number of aliphatic imine (C=N–C) groups is 1. The summed E-state index contributed by atoms with van der Waals surface area (Å²) in [5.74, 6) is 0.856. The Hall–Kier alpha value is -2.03. The van der Waals surface area contributed by atoms with Crippen LogP contribution >= 0.6 is 24.0 Å². The van der Waals surface area contributed by atoms with Crippen LogP contribution in [0.15, 0.2) is 47.6 Å². The standard InChI is InChI=1S/C23H32N6.HI/c1-17(2)29-16-19-9-10-20(14-22(19)27-29)26-23(24-3)25-15-18-7-6-8-21(13-18)28-11-4-5-12-28;/h4-8,13,16-17,20H,9-12,14-15H2,1-3H3,(H2,24,25,26);1H. The zero-order valence-corrected chi connectivity index (χ0v) is 20.5. The molecule has 1 aromatic carbocycles. The van der Waals surface area contributed by atoms with Crippen LogP contribution in [-0.4, -0.2) is 41.9 Å². The molecule has 0 fully saturated rings. The molecule has 2 aromatic rings. The molecule has 2 N–H and O–H groups in total. The van der Waals surface area contributed by atoms with Crippen molar-refractivity contribution in [2.75, 3.05) is 25.0 Å². The third kappa shape index (κ3) is 5.36. The van der Waals surface area contributed by atoms with Crippen molar-refractivity contribution in [2.24, 2.45) is 4.99 Å². The molecule has 0 saturated heterocycles. The Morgan fingerprint density at radius 3 is 2.80 bits per heavy atom. The second kappa shape index (κ2) is 10.3. The fourth-order valence-corrected chi connectivity index (χ4v) is 4.03. The molecule has 2 heterocycles. The van der Waals surface area contributed by atoms with Gasteiger partial charge in [0.25, 0.3) is 0 Å². The largest absolute Gasteiger partial charge is 0.364 e. The lowest BCUT2D eigenvalue weighted by Gasteiger charge is -2.24. The van der Waals surface area contributed by atoms with E-state index in [4.69, 9.17) is 5.10 Å². The number of fused-ring (bicyclic) bond motifs is 1. The number of halogens is 1. The average molecular weight is 520 g/mol. The molecule has 0 spiro atoms. The van der Waals surface area contributed by atoms with Crippen LogP contribution in [0.1, 0.15) is 43.1 Å². The highest BCUT2D eigenvalue weighted by Gasteiger charge is 2.23. The van der Waals surface area contributed by atoms with Gasteiger partial charge in [0.15, 0.2) is 5.96 Å². The Labute approximate surface area is 196 Å². The molecule has 0 bridgehead atoms. The maximum Gasteiger partial charge on any atom is 0.191 e. The van der Waals surface area contributed by atoms with Crippen LogP contribution in [-0.2, 0) is 19.4 Å². The van der Waals surface area contributed by atoms with Gasteiger partial charge in [-0.3, -0.25) is 9.67 Å². The smallest absolute Gasteiger partial charge is 0.191 e. The molecule has 4 rings (SSSR count). The second-order valence-corrected chi connectivity index (χ2v) is 8.23. The molecule has 1 unspecified atom stereocenters. The van der Waals surface area contributed by atoms with Crippen LogP contribution in [0, 0.1) is 0 Å². The summed E-state index contributed by atoms with van der Waals surface area (Å²) in [6.45, 7) is 7.10. The van der Waals surface area contributed by atoms with E-state index in [0.29, 0.717) is 12.1 Å². The Bertz CT molecular complexity index is 893. The highest BCUT2D eigenvalue weighted by molar-refractivity contribution is 14.0. The average Bonchev–Trinajstić information content (AvgIpc) is 3.41. The molecule has 162 valence electrons. The number of hydrogen-bond donors (Lipinski definition) is 2. The van der Waals surface area contributed by atoms with Crippen molar-refractivity contribution >= 4 is 35.6 Å². The predicted molar refractivity (Wildman–Crippen MR) is 135 cm³/mol. The van der Waals surface area contributed by atoms with E-state index in [1.165, 1.54) is 22.5 Å². The van der Waals surface area contributed by atoms with E-state index in [0.717, 1.165) is 44.9 Å². The summed E-state index contributed by atoms with van der Waals surface area (Å²) in [4.78, 5) is 6.80. The van der Waals surface area contributed by atoms with E-state index in [9.17, 15) is 0 Å². The molecular formula is C23H33IN6. The third-order valence-electron chi connectivity index (χ3n) is 5.74. The summed E-state index contributed by atoms with van der Waals surface area (Å²) in [6.07, 6.45) is 9.78. The van der Waals surface area contributed by atoms with Crippen LogP contribution < -0.4 is 15.5 Å². The van der Waals surface area contributed by atoms with Gasteiger partial charge in [0, 0.05) is 57.1 Å². The molecule has 7 heteroatoms. The highest BCUT2D eigenvalue weighted by Crippen LogP contribution is 2.22. The van der Waals surface area contributed by atoms with Crippen molar-refractivity contribution in [2.45, 2.75) is 51.7 Å². The first kappa shape index (κ1) is 22.7. The molecular weight excluding hydrogens is 487 g/mol. The van der Waals surface area contributed by atoms with E-state index >= 15 is 0 Å². The second-order valence-electron chi connectivity index (χ2n) is 8.23. The lowest BCUT2D eigenvalue weighted by atomic mass is 9.94. The van der Waals surface area contributed by atoms with Crippen LogP contribution in [0.3, 0.4) is 0 Å². The molecule has 1 aliphatic heterocycles. The van der Waals surface area contributed by atoms with Gasteiger partial charge >= 0.3 is 0 Å². The summed E-state index contributed by atoms with van der Waals surface area (Å²) in [5, 5.41) is 11.9. The number of aromatic nitrogens is 2. The number of benzene rings is 1. The quantitative estimate of drug-likeness (QED) is 0.274. The zero-order chi connectivity index (χ0) is 20.2. The predicted octanol–water partition coefficient (Wildman–Crippen LogP) is 3.68. The van der Waals surface area contributed by atoms with Gasteiger partial charge in [0.2, 0.25) is 0 Å². The summed E-state index contributed by atoms with van der Waals surface area (Å²) in [7, 11) is 1.84. The van der Waals surface area contributed by atoms with Crippen molar-refractivity contribution in [3.8, 4) is 0 Å². The normalized spacial score (nSPS) is 18.3. The summed E-state index contributed by atoms with van der Waals surface area (Å²) in [5.41, 5.74) is 5.16. The van der Waals surface area contributed by atoms with Gasteiger partial charge < -0.3 is 15.5 Å². The van der Waals surface area contributed by atoms with Gasteiger partial charge in [-0.15, -0.1) is 24.0 Å². The first-order valence-corrected chi connectivity index (χ1v) is 10.7. The molecule has 1 aromatic heterocycles. The molecule has 0 amide bonds. The van der Waals surface area contributed by atoms with Crippen molar-refractivity contribution in [1.29, 1.82) is 0 Å². The van der Waals surface area contributed by atoms with Crippen LogP contribution in [0.2, 0.25) is 0 Å². The van der Waals surface area contributed by atoms with E-state index < -0.39 is 0 Å². The number of nitrogens with zero attached hydrogens (tertiary/aromatic N) is 4. The van der Waals surface area contributed by atoms with Gasteiger partial charge in [0.05, 0.1) is 5.69 Å². The van der Waals surface area contributed by atoms with Crippen LogP contribution in [0.4, 0.5) is 5.69 Å². The number of aryl methyl sites for hydroxylation is 1.